The first-order chi connectivity index (χ1) is 11.8. The quantitative estimate of drug-likeness (QED) is 0.804. The Labute approximate surface area is 148 Å². The molecular weight excluding hydrogens is 318 g/mol. The van der Waals surface area contributed by atoms with Crippen LogP contribution in [0.3, 0.4) is 0 Å². The zero-order valence-electron chi connectivity index (χ0n) is 15.4. The molecule has 1 aliphatic heterocycles. The Bertz CT molecular complexity index is 793. The maximum Gasteiger partial charge on any atom is 0.246 e. The molecule has 0 unspecified atom stereocenters. The van der Waals surface area contributed by atoms with E-state index in [1.807, 2.05) is 62.3 Å². The standard InChI is InChI=1S/C19H25N3O3/c1-12-8-17(16(5)22(12)18-9-13(2)25-20-18)6-7-19(23)21-10-14(3)24-15(4)11-21/h6-9,14-15H,10-11H2,1-5H3/b7-6-/t14-,15+. The summed E-state index contributed by atoms with van der Waals surface area (Å²) in [5.41, 5.74) is 3.07. The number of hydrogen-bond acceptors (Lipinski definition) is 4. The highest BCUT2D eigenvalue weighted by Gasteiger charge is 2.24. The van der Waals surface area contributed by atoms with Gasteiger partial charge in [0, 0.05) is 36.6 Å². The number of carbonyl (C=O) groups excluding carboxylic acids is 1. The van der Waals surface area contributed by atoms with E-state index in [1.54, 1.807) is 6.08 Å². The molecule has 0 spiro atoms. The van der Waals surface area contributed by atoms with E-state index in [4.69, 9.17) is 9.26 Å². The molecule has 1 fully saturated rings. The Balaban J connectivity index is 1.79. The minimum Gasteiger partial charge on any atom is -0.372 e. The van der Waals surface area contributed by atoms with Gasteiger partial charge in [0.15, 0.2) is 5.82 Å². The van der Waals surface area contributed by atoms with Gasteiger partial charge in [-0.2, -0.15) is 0 Å². The van der Waals surface area contributed by atoms with Crippen LogP contribution in [0.5, 0.6) is 0 Å². The molecule has 2 atom stereocenters. The van der Waals surface area contributed by atoms with Crippen molar-refractivity contribution in [1.82, 2.24) is 14.6 Å². The predicted molar refractivity (Wildman–Crippen MR) is 95.7 cm³/mol. The van der Waals surface area contributed by atoms with Gasteiger partial charge in [-0.25, -0.2) is 0 Å². The van der Waals surface area contributed by atoms with Crippen molar-refractivity contribution in [3.8, 4) is 5.82 Å². The number of hydrogen-bond donors (Lipinski definition) is 0. The monoisotopic (exact) mass is 343 g/mol. The van der Waals surface area contributed by atoms with E-state index in [2.05, 4.69) is 5.16 Å². The lowest BCUT2D eigenvalue weighted by molar-refractivity contribution is -0.137. The molecule has 1 amide bonds. The van der Waals surface area contributed by atoms with Crippen molar-refractivity contribution in [3.63, 3.8) is 0 Å². The number of aryl methyl sites for hydroxylation is 2. The van der Waals surface area contributed by atoms with E-state index in [1.165, 1.54) is 0 Å². The summed E-state index contributed by atoms with van der Waals surface area (Å²) >= 11 is 0. The van der Waals surface area contributed by atoms with Gasteiger partial charge in [-0.15, -0.1) is 0 Å². The summed E-state index contributed by atoms with van der Waals surface area (Å²) in [6.45, 7) is 11.1. The van der Waals surface area contributed by atoms with Crippen LogP contribution in [-0.2, 0) is 9.53 Å². The van der Waals surface area contributed by atoms with Gasteiger partial charge in [-0.3, -0.25) is 9.36 Å². The topological polar surface area (TPSA) is 60.5 Å². The summed E-state index contributed by atoms with van der Waals surface area (Å²) in [5, 5.41) is 4.08. The second-order valence-corrected chi connectivity index (χ2v) is 6.79. The maximum absolute atomic E-state index is 12.5. The number of carbonyl (C=O) groups is 1. The third-order valence-corrected chi connectivity index (χ3v) is 4.45. The van der Waals surface area contributed by atoms with Crippen LogP contribution < -0.4 is 0 Å². The number of nitrogens with zero attached hydrogens (tertiary/aromatic N) is 3. The van der Waals surface area contributed by atoms with Crippen molar-refractivity contribution in [3.05, 3.63) is 40.9 Å². The van der Waals surface area contributed by atoms with Crippen LogP contribution in [0, 0.1) is 20.8 Å². The van der Waals surface area contributed by atoms with Gasteiger partial charge in [0.2, 0.25) is 5.91 Å². The second kappa shape index (κ2) is 6.88. The van der Waals surface area contributed by atoms with E-state index in [0.29, 0.717) is 13.1 Å². The van der Waals surface area contributed by atoms with Crippen LogP contribution in [-0.4, -0.2) is 45.8 Å². The van der Waals surface area contributed by atoms with E-state index in [9.17, 15) is 4.79 Å². The first-order valence-electron chi connectivity index (χ1n) is 8.60. The predicted octanol–water partition coefficient (Wildman–Crippen LogP) is 3.04. The van der Waals surface area contributed by atoms with Crippen LogP contribution in [0.4, 0.5) is 0 Å². The fourth-order valence-electron chi connectivity index (χ4n) is 3.39. The van der Waals surface area contributed by atoms with Gasteiger partial charge in [-0.1, -0.05) is 5.16 Å². The molecule has 2 aromatic rings. The zero-order chi connectivity index (χ0) is 18.1. The van der Waals surface area contributed by atoms with Crippen molar-refractivity contribution in [2.24, 2.45) is 0 Å². The highest BCUT2D eigenvalue weighted by atomic mass is 16.5. The Hall–Kier alpha value is -2.34. The van der Waals surface area contributed by atoms with E-state index >= 15 is 0 Å². The summed E-state index contributed by atoms with van der Waals surface area (Å²) < 4.78 is 12.9. The van der Waals surface area contributed by atoms with Crippen molar-refractivity contribution in [2.45, 2.75) is 46.8 Å². The van der Waals surface area contributed by atoms with Gasteiger partial charge in [0.1, 0.15) is 5.76 Å². The normalized spacial score (nSPS) is 21.2. The first-order valence-corrected chi connectivity index (χ1v) is 8.60. The Morgan fingerprint density at radius 2 is 1.88 bits per heavy atom. The third-order valence-electron chi connectivity index (χ3n) is 4.45. The van der Waals surface area contributed by atoms with Crippen molar-refractivity contribution in [2.75, 3.05) is 13.1 Å². The minimum absolute atomic E-state index is 0.0177. The molecule has 1 saturated heterocycles. The smallest absolute Gasteiger partial charge is 0.246 e. The van der Waals surface area contributed by atoms with Gasteiger partial charge in [-0.05, 0) is 52.3 Å². The molecule has 0 aromatic carbocycles. The maximum atomic E-state index is 12.5. The number of morpholine rings is 1. The summed E-state index contributed by atoms with van der Waals surface area (Å²) in [4.78, 5) is 14.3. The highest BCUT2D eigenvalue weighted by Crippen LogP contribution is 2.22. The Morgan fingerprint density at radius 3 is 2.48 bits per heavy atom. The molecule has 134 valence electrons. The third kappa shape index (κ3) is 3.69. The number of aromatic nitrogens is 2. The fraction of sp³-hybridized carbons (Fsp3) is 0.474. The lowest BCUT2D eigenvalue weighted by Gasteiger charge is -2.34. The van der Waals surface area contributed by atoms with Gasteiger partial charge in [0.25, 0.3) is 0 Å². The number of ether oxygens (including phenoxy) is 1. The van der Waals surface area contributed by atoms with Gasteiger partial charge >= 0.3 is 0 Å². The molecular formula is C19H25N3O3. The van der Waals surface area contributed by atoms with Crippen LogP contribution in [0.2, 0.25) is 0 Å². The molecule has 6 nitrogen and oxygen atoms in total. The van der Waals surface area contributed by atoms with Gasteiger partial charge < -0.3 is 14.2 Å². The summed E-state index contributed by atoms with van der Waals surface area (Å²) in [7, 11) is 0. The van der Waals surface area contributed by atoms with Crippen LogP contribution >= 0.6 is 0 Å². The summed E-state index contributed by atoms with van der Waals surface area (Å²) in [5.74, 6) is 1.55. The molecule has 0 bridgehead atoms. The average molecular weight is 343 g/mol. The van der Waals surface area contributed by atoms with Crippen molar-refractivity contribution >= 4 is 12.0 Å². The van der Waals surface area contributed by atoms with E-state index < -0.39 is 0 Å². The second-order valence-electron chi connectivity index (χ2n) is 6.79. The van der Waals surface area contributed by atoms with E-state index in [-0.39, 0.29) is 18.1 Å². The van der Waals surface area contributed by atoms with Crippen molar-refractivity contribution in [1.29, 1.82) is 0 Å². The molecule has 6 heteroatoms. The molecule has 0 aliphatic carbocycles. The van der Waals surface area contributed by atoms with Crippen LogP contribution in [0.25, 0.3) is 11.9 Å². The van der Waals surface area contributed by atoms with Crippen LogP contribution in [0.15, 0.2) is 22.7 Å². The number of rotatable bonds is 3. The van der Waals surface area contributed by atoms with E-state index in [0.717, 1.165) is 28.5 Å². The summed E-state index contributed by atoms with van der Waals surface area (Å²) in [6.07, 6.45) is 3.66. The SMILES string of the molecule is Cc1cc(-n2c(C)cc(/C=C\C(=O)N3C[C@@H](C)O[C@@H](C)C3)c2C)no1. The number of amides is 1. The molecule has 1 aliphatic rings. The lowest BCUT2D eigenvalue weighted by Crippen LogP contribution is -2.47. The van der Waals surface area contributed by atoms with Gasteiger partial charge in [0.05, 0.1) is 12.2 Å². The molecule has 25 heavy (non-hydrogen) atoms. The zero-order valence-corrected chi connectivity index (χ0v) is 15.4. The largest absolute Gasteiger partial charge is 0.372 e. The molecule has 3 rings (SSSR count). The van der Waals surface area contributed by atoms with Crippen LogP contribution in [0.1, 0.15) is 36.6 Å². The molecule has 0 radical (unpaired) electrons. The molecule has 0 saturated carbocycles. The highest BCUT2D eigenvalue weighted by molar-refractivity contribution is 5.92. The lowest BCUT2D eigenvalue weighted by atomic mass is 10.2. The minimum atomic E-state index is 0.0177. The molecule has 2 aromatic heterocycles. The van der Waals surface area contributed by atoms with Crippen molar-refractivity contribution < 1.29 is 14.1 Å². The molecule has 0 N–H and O–H groups in total. The summed E-state index contributed by atoms with van der Waals surface area (Å²) in [6, 6.07) is 3.95. The fourth-order valence-corrected chi connectivity index (χ4v) is 3.39. The molecule has 3 heterocycles. The average Bonchev–Trinajstić information content (AvgIpc) is 3.07. The first kappa shape index (κ1) is 17.5. The Morgan fingerprint density at radius 1 is 1.20 bits per heavy atom. The Kier molecular flexibility index (Phi) is 4.81.